The summed E-state index contributed by atoms with van der Waals surface area (Å²) >= 11 is 0. The predicted molar refractivity (Wildman–Crippen MR) is 92.7 cm³/mol. The first-order valence-corrected chi connectivity index (χ1v) is 9.30. The number of rotatable bonds is 3. The highest BCUT2D eigenvalue weighted by Gasteiger charge is 2.53. The summed E-state index contributed by atoms with van der Waals surface area (Å²) in [6.45, 7) is -0.195. The topological polar surface area (TPSA) is 105 Å². The molecule has 5 aliphatic rings. The Hall–Kier alpha value is -2.12. The Morgan fingerprint density at radius 2 is 2.04 bits per heavy atom. The first-order chi connectivity index (χ1) is 12.4. The highest BCUT2D eigenvalue weighted by atomic mass is 16.5. The van der Waals surface area contributed by atoms with Crippen LogP contribution in [0.3, 0.4) is 0 Å². The monoisotopic (exact) mass is 357 g/mol. The van der Waals surface area contributed by atoms with Crippen LogP contribution in [-0.2, 0) is 9.53 Å². The van der Waals surface area contributed by atoms with Gasteiger partial charge in [-0.15, -0.1) is 0 Å². The number of aliphatic hydroxyl groups is 1. The molecule has 7 nitrogen and oxygen atoms in total. The number of nitrogen functional groups attached to an aromatic ring is 1. The van der Waals surface area contributed by atoms with Crippen molar-refractivity contribution in [2.45, 2.75) is 50.2 Å². The summed E-state index contributed by atoms with van der Waals surface area (Å²) in [5, 5.41) is 13.5. The molecule has 5 atom stereocenters. The minimum atomic E-state index is -1.15. The summed E-state index contributed by atoms with van der Waals surface area (Å²) in [4.78, 5) is 26.4. The molecular weight excluding hydrogens is 334 g/mol. The summed E-state index contributed by atoms with van der Waals surface area (Å²) in [6.07, 6.45) is 4.20. The van der Waals surface area contributed by atoms with E-state index in [2.05, 4.69) is 5.32 Å². The molecule has 7 heteroatoms. The lowest BCUT2D eigenvalue weighted by molar-refractivity contribution is -0.233. The average molecular weight is 357 g/mol. The molecule has 138 valence electrons. The minimum absolute atomic E-state index is 0.195. The van der Waals surface area contributed by atoms with E-state index in [1.807, 2.05) is 0 Å². The third-order valence-electron chi connectivity index (χ3n) is 6.31. The fraction of sp³-hybridized carbons (Fsp3) is 0.579. The van der Waals surface area contributed by atoms with Gasteiger partial charge in [0, 0.05) is 16.8 Å². The van der Waals surface area contributed by atoms with Crippen LogP contribution in [0, 0.1) is 11.8 Å². The molecule has 2 aliphatic carbocycles. The van der Waals surface area contributed by atoms with Crippen molar-refractivity contribution >= 4 is 17.5 Å². The van der Waals surface area contributed by atoms with Gasteiger partial charge in [0.15, 0.2) is 6.23 Å². The molecule has 3 heterocycles. The van der Waals surface area contributed by atoms with Gasteiger partial charge in [0.25, 0.3) is 5.91 Å². The van der Waals surface area contributed by atoms with Crippen LogP contribution in [0.4, 0.5) is 5.69 Å². The minimum Gasteiger partial charge on any atom is -0.399 e. The van der Waals surface area contributed by atoms with Crippen LogP contribution in [0.25, 0.3) is 0 Å². The van der Waals surface area contributed by atoms with Crippen LogP contribution in [0.5, 0.6) is 0 Å². The van der Waals surface area contributed by atoms with Gasteiger partial charge in [-0.05, 0) is 62.1 Å². The molecule has 3 aliphatic heterocycles. The van der Waals surface area contributed by atoms with Gasteiger partial charge in [0.2, 0.25) is 5.91 Å². The summed E-state index contributed by atoms with van der Waals surface area (Å²) in [7, 11) is 0. The maximum atomic E-state index is 12.7. The summed E-state index contributed by atoms with van der Waals surface area (Å²) in [5.41, 5.74) is 6.48. The number of nitrogens with one attached hydrogen (secondary N) is 1. The van der Waals surface area contributed by atoms with Crippen molar-refractivity contribution in [2.75, 3.05) is 12.3 Å². The maximum Gasteiger partial charge on any atom is 0.257 e. The molecule has 1 aromatic carbocycles. The van der Waals surface area contributed by atoms with E-state index >= 15 is 0 Å². The zero-order valence-corrected chi connectivity index (χ0v) is 14.5. The van der Waals surface area contributed by atoms with Crippen molar-refractivity contribution in [1.29, 1.82) is 0 Å². The standard InChI is InChI=1S/C19H23N3O4/c20-12-1-2-14-15(6-12)18(25)22(17(14)24)9-16(23)21-19-7-10-3-11(8-19)5-13(4-10)26-19/h1-2,6,10-11,13,18,25H,3-5,7-9,20H2,(H,21,23)/t10-,11+,13+,18?,19+. The largest absolute Gasteiger partial charge is 0.399 e. The van der Waals surface area contributed by atoms with Gasteiger partial charge < -0.3 is 20.9 Å². The van der Waals surface area contributed by atoms with Crippen LogP contribution >= 0.6 is 0 Å². The number of aliphatic hydroxyl groups excluding tert-OH is 1. The number of ether oxygens (including phenoxy) is 1. The molecule has 4 bridgehead atoms. The van der Waals surface area contributed by atoms with Gasteiger partial charge in [-0.2, -0.15) is 0 Å². The van der Waals surface area contributed by atoms with Crippen molar-refractivity contribution in [3.63, 3.8) is 0 Å². The number of carbonyl (C=O) groups is 2. The van der Waals surface area contributed by atoms with Crippen LogP contribution in [0.2, 0.25) is 0 Å². The molecule has 0 radical (unpaired) electrons. The zero-order valence-electron chi connectivity index (χ0n) is 14.5. The van der Waals surface area contributed by atoms with Gasteiger partial charge in [-0.1, -0.05) is 0 Å². The second-order valence-corrected chi connectivity index (χ2v) is 8.28. The zero-order chi connectivity index (χ0) is 18.1. The van der Waals surface area contributed by atoms with Crippen molar-refractivity contribution in [2.24, 2.45) is 11.8 Å². The maximum absolute atomic E-state index is 12.7. The lowest BCUT2D eigenvalue weighted by Gasteiger charge is -2.56. The highest BCUT2D eigenvalue weighted by molar-refractivity contribution is 6.01. The normalized spacial score (nSPS) is 37.1. The average Bonchev–Trinajstić information content (AvgIpc) is 2.77. The smallest absolute Gasteiger partial charge is 0.257 e. The number of nitrogens with two attached hydrogens (primary N) is 1. The molecular formula is C19H23N3O4. The Balaban J connectivity index is 1.30. The quantitative estimate of drug-likeness (QED) is 0.704. The third-order valence-corrected chi connectivity index (χ3v) is 6.31. The van der Waals surface area contributed by atoms with E-state index < -0.39 is 12.0 Å². The van der Waals surface area contributed by atoms with Crippen LogP contribution in [0.15, 0.2) is 18.2 Å². The van der Waals surface area contributed by atoms with Gasteiger partial charge in [-0.3, -0.25) is 14.5 Å². The van der Waals surface area contributed by atoms with Crippen LogP contribution < -0.4 is 11.1 Å². The first kappa shape index (κ1) is 16.1. The number of hydrogen-bond acceptors (Lipinski definition) is 5. The van der Waals surface area contributed by atoms with E-state index in [1.54, 1.807) is 18.2 Å². The molecule has 4 N–H and O–H groups in total. The Morgan fingerprint density at radius 1 is 1.31 bits per heavy atom. The molecule has 0 spiro atoms. The Labute approximate surface area is 151 Å². The van der Waals surface area contributed by atoms with Gasteiger partial charge in [-0.25, -0.2) is 0 Å². The second-order valence-electron chi connectivity index (χ2n) is 8.28. The van der Waals surface area contributed by atoms with Crippen molar-refractivity contribution in [1.82, 2.24) is 10.2 Å². The van der Waals surface area contributed by atoms with E-state index in [4.69, 9.17) is 10.5 Å². The Bertz CT molecular complexity index is 758. The van der Waals surface area contributed by atoms with Crippen molar-refractivity contribution in [3.8, 4) is 0 Å². The van der Waals surface area contributed by atoms with Gasteiger partial charge in [0.1, 0.15) is 12.3 Å². The summed E-state index contributed by atoms with van der Waals surface area (Å²) < 4.78 is 6.16. The fourth-order valence-corrected chi connectivity index (χ4v) is 5.53. The molecule has 2 saturated carbocycles. The first-order valence-electron chi connectivity index (χ1n) is 9.30. The number of benzene rings is 1. The van der Waals surface area contributed by atoms with Gasteiger partial charge >= 0.3 is 0 Å². The number of fused-ring (bicyclic) bond motifs is 1. The number of nitrogens with zero attached hydrogens (tertiary/aromatic N) is 1. The molecule has 4 fully saturated rings. The SMILES string of the molecule is Nc1ccc2c(c1)C(O)N(CC(=O)N[C@@]13C[C@@H]4C[C@@H](C[C@H](C4)O1)C3)C2=O. The second kappa shape index (κ2) is 5.44. The van der Waals surface area contributed by atoms with Crippen LogP contribution in [0.1, 0.15) is 54.3 Å². The molecule has 6 rings (SSSR count). The van der Waals surface area contributed by atoms with Crippen molar-refractivity contribution < 1.29 is 19.4 Å². The molecule has 26 heavy (non-hydrogen) atoms. The number of anilines is 1. The predicted octanol–water partition coefficient (Wildman–Crippen LogP) is 1.14. The lowest BCUT2D eigenvalue weighted by Crippen LogP contribution is -2.64. The van der Waals surface area contributed by atoms with E-state index in [0.717, 1.165) is 25.7 Å². The van der Waals surface area contributed by atoms with Crippen LogP contribution in [-0.4, -0.2) is 40.2 Å². The van der Waals surface area contributed by atoms with E-state index in [0.29, 0.717) is 28.7 Å². The number of carbonyl (C=O) groups excluding carboxylic acids is 2. The summed E-state index contributed by atoms with van der Waals surface area (Å²) in [6, 6.07) is 4.80. The van der Waals surface area contributed by atoms with Gasteiger partial charge in [0.05, 0.1) is 6.10 Å². The summed E-state index contributed by atoms with van der Waals surface area (Å²) in [5.74, 6) is 0.592. The highest BCUT2D eigenvalue weighted by Crippen LogP contribution is 2.51. The Kier molecular flexibility index (Phi) is 3.36. The van der Waals surface area contributed by atoms with Crippen molar-refractivity contribution in [3.05, 3.63) is 29.3 Å². The molecule has 2 amide bonds. The molecule has 0 aromatic heterocycles. The number of amides is 2. The Morgan fingerprint density at radius 3 is 2.73 bits per heavy atom. The fourth-order valence-electron chi connectivity index (χ4n) is 5.53. The van der Waals surface area contributed by atoms with E-state index in [-0.39, 0.29) is 24.5 Å². The number of hydrogen-bond donors (Lipinski definition) is 3. The molecule has 1 unspecified atom stereocenters. The van der Waals surface area contributed by atoms with E-state index in [9.17, 15) is 14.7 Å². The lowest BCUT2D eigenvalue weighted by atomic mass is 9.65. The third kappa shape index (κ3) is 2.41. The molecule has 1 aromatic rings. The molecule has 2 saturated heterocycles. The van der Waals surface area contributed by atoms with E-state index in [1.165, 1.54) is 11.3 Å².